The van der Waals surface area contributed by atoms with Crippen molar-refractivity contribution in [2.24, 2.45) is 13.0 Å². The fraction of sp³-hybridized carbons (Fsp3) is 0.368. The third-order valence-electron chi connectivity index (χ3n) is 4.92. The molecule has 1 N–H and O–H groups in total. The molecule has 7 nitrogen and oxygen atoms in total. The Bertz CT molecular complexity index is 829. The average Bonchev–Trinajstić information content (AvgIpc) is 3.26. The van der Waals surface area contributed by atoms with Crippen LogP contribution in [0.25, 0.3) is 0 Å². The Morgan fingerprint density at radius 3 is 2.46 bits per heavy atom. The fourth-order valence-corrected chi connectivity index (χ4v) is 3.58. The molecule has 1 saturated heterocycles. The Morgan fingerprint density at radius 2 is 1.88 bits per heavy atom. The van der Waals surface area contributed by atoms with Crippen molar-refractivity contribution in [2.75, 3.05) is 27.3 Å². The number of para-hydroxylation sites is 1. The average molecular weight is 358 g/mol. The molecule has 3 rings (SSSR count). The number of aromatic nitrogens is 1. The monoisotopic (exact) mass is 358 g/mol. The summed E-state index contributed by atoms with van der Waals surface area (Å²) in [5.74, 6) is -1.13. The number of methoxy groups -OCH3 is 2. The van der Waals surface area contributed by atoms with Crippen LogP contribution in [0.5, 0.6) is 11.5 Å². The Morgan fingerprint density at radius 1 is 1.12 bits per heavy atom. The summed E-state index contributed by atoms with van der Waals surface area (Å²) in [4.78, 5) is 26.2. The maximum atomic E-state index is 12.8. The van der Waals surface area contributed by atoms with E-state index in [0.717, 1.165) is 5.56 Å². The van der Waals surface area contributed by atoms with Crippen LogP contribution in [-0.2, 0) is 11.8 Å². The summed E-state index contributed by atoms with van der Waals surface area (Å²) in [5.41, 5.74) is 1.27. The van der Waals surface area contributed by atoms with Crippen LogP contribution in [0.3, 0.4) is 0 Å². The SMILES string of the molecule is COc1cccc(C2CN(C(=O)c3cccn3C)CC2C(=O)O)c1OC. The highest BCUT2D eigenvalue weighted by molar-refractivity contribution is 5.93. The fourth-order valence-electron chi connectivity index (χ4n) is 3.58. The molecule has 1 amide bonds. The smallest absolute Gasteiger partial charge is 0.308 e. The zero-order chi connectivity index (χ0) is 18.8. The van der Waals surface area contributed by atoms with E-state index >= 15 is 0 Å². The second-order valence-corrected chi connectivity index (χ2v) is 6.35. The Labute approximate surface area is 151 Å². The van der Waals surface area contributed by atoms with E-state index in [1.165, 1.54) is 14.2 Å². The lowest BCUT2D eigenvalue weighted by atomic mass is 9.88. The molecule has 0 spiro atoms. The number of rotatable bonds is 5. The summed E-state index contributed by atoms with van der Waals surface area (Å²) in [5, 5.41) is 9.70. The molecular formula is C19H22N2O5. The highest BCUT2D eigenvalue weighted by Gasteiger charge is 2.42. The van der Waals surface area contributed by atoms with Crippen molar-refractivity contribution in [2.45, 2.75) is 5.92 Å². The van der Waals surface area contributed by atoms with Crippen molar-refractivity contribution >= 4 is 11.9 Å². The molecule has 2 aromatic rings. The number of carboxylic acid groups (broad SMARTS) is 1. The molecule has 1 fully saturated rings. The van der Waals surface area contributed by atoms with E-state index in [4.69, 9.17) is 9.47 Å². The molecule has 0 bridgehead atoms. The highest BCUT2D eigenvalue weighted by atomic mass is 16.5. The van der Waals surface area contributed by atoms with Crippen LogP contribution in [0.2, 0.25) is 0 Å². The number of aliphatic carboxylic acids is 1. The van der Waals surface area contributed by atoms with Gasteiger partial charge in [0.15, 0.2) is 11.5 Å². The van der Waals surface area contributed by atoms with Gasteiger partial charge in [-0.25, -0.2) is 0 Å². The molecule has 138 valence electrons. The molecule has 1 aromatic heterocycles. The number of ether oxygens (including phenoxy) is 2. The van der Waals surface area contributed by atoms with Crippen molar-refractivity contribution in [3.63, 3.8) is 0 Å². The molecule has 2 heterocycles. The molecule has 0 aliphatic carbocycles. The number of amides is 1. The van der Waals surface area contributed by atoms with E-state index in [1.54, 1.807) is 47.0 Å². The van der Waals surface area contributed by atoms with E-state index in [0.29, 0.717) is 23.7 Å². The molecule has 1 aliphatic rings. The van der Waals surface area contributed by atoms with Crippen LogP contribution >= 0.6 is 0 Å². The molecule has 1 aliphatic heterocycles. The first-order chi connectivity index (χ1) is 12.5. The van der Waals surface area contributed by atoms with E-state index in [1.807, 2.05) is 6.07 Å². The minimum Gasteiger partial charge on any atom is -0.493 e. The van der Waals surface area contributed by atoms with Crippen LogP contribution in [0.1, 0.15) is 22.0 Å². The van der Waals surface area contributed by atoms with Crippen LogP contribution < -0.4 is 9.47 Å². The maximum Gasteiger partial charge on any atom is 0.308 e. The van der Waals surface area contributed by atoms with Gasteiger partial charge in [0, 0.05) is 37.8 Å². The van der Waals surface area contributed by atoms with Crippen molar-refractivity contribution in [3.05, 3.63) is 47.8 Å². The number of carbonyl (C=O) groups is 2. The van der Waals surface area contributed by atoms with Crippen LogP contribution in [-0.4, -0.2) is 53.8 Å². The molecule has 0 radical (unpaired) electrons. The van der Waals surface area contributed by atoms with E-state index < -0.39 is 11.9 Å². The van der Waals surface area contributed by atoms with Crippen molar-refractivity contribution < 1.29 is 24.2 Å². The number of benzene rings is 1. The summed E-state index contributed by atoms with van der Waals surface area (Å²) in [7, 11) is 4.86. The van der Waals surface area contributed by atoms with Crippen LogP contribution in [0.4, 0.5) is 0 Å². The maximum absolute atomic E-state index is 12.8. The molecule has 0 saturated carbocycles. The van der Waals surface area contributed by atoms with E-state index in [9.17, 15) is 14.7 Å². The van der Waals surface area contributed by atoms with Gasteiger partial charge in [-0.3, -0.25) is 9.59 Å². The van der Waals surface area contributed by atoms with Gasteiger partial charge in [-0.05, 0) is 18.2 Å². The third-order valence-corrected chi connectivity index (χ3v) is 4.92. The van der Waals surface area contributed by atoms with Gasteiger partial charge in [-0.15, -0.1) is 0 Å². The number of aryl methyl sites for hydroxylation is 1. The second kappa shape index (κ2) is 7.11. The lowest BCUT2D eigenvalue weighted by Gasteiger charge is -2.20. The largest absolute Gasteiger partial charge is 0.493 e. The highest BCUT2D eigenvalue weighted by Crippen LogP contribution is 2.42. The first-order valence-corrected chi connectivity index (χ1v) is 8.32. The second-order valence-electron chi connectivity index (χ2n) is 6.35. The summed E-state index contributed by atoms with van der Waals surface area (Å²) < 4.78 is 12.5. The van der Waals surface area contributed by atoms with E-state index in [-0.39, 0.29) is 18.4 Å². The van der Waals surface area contributed by atoms with E-state index in [2.05, 4.69) is 0 Å². The molecule has 7 heteroatoms. The Kier molecular flexibility index (Phi) is 4.88. The number of carboxylic acids is 1. The number of hydrogen-bond acceptors (Lipinski definition) is 4. The van der Waals surface area contributed by atoms with Gasteiger partial charge in [0.2, 0.25) is 0 Å². The summed E-state index contributed by atoms with van der Waals surface area (Å²) >= 11 is 0. The molecule has 1 aromatic carbocycles. The first kappa shape index (κ1) is 17.8. The van der Waals surface area contributed by atoms with Crippen LogP contribution in [0, 0.1) is 5.92 Å². The van der Waals surface area contributed by atoms with Gasteiger partial charge in [0.05, 0.1) is 20.1 Å². The van der Waals surface area contributed by atoms with Gasteiger partial charge in [-0.1, -0.05) is 12.1 Å². The zero-order valence-electron chi connectivity index (χ0n) is 15.0. The number of carbonyl (C=O) groups excluding carboxylic acids is 1. The first-order valence-electron chi connectivity index (χ1n) is 8.32. The van der Waals surface area contributed by atoms with Gasteiger partial charge in [-0.2, -0.15) is 0 Å². The standard InChI is InChI=1S/C19H22N2O5/c1-20-9-5-7-15(20)18(22)21-10-13(14(11-21)19(23)24)12-6-4-8-16(25-2)17(12)26-3/h4-9,13-14H,10-11H2,1-3H3,(H,23,24). The molecule has 2 atom stereocenters. The third kappa shape index (κ3) is 3.00. The summed E-state index contributed by atoms with van der Waals surface area (Å²) in [6, 6.07) is 8.92. The van der Waals surface area contributed by atoms with Crippen molar-refractivity contribution in [3.8, 4) is 11.5 Å². The quantitative estimate of drug-likeness (QED) is 0.884. The zero-order valence-corrected chi connectivity index (χ0v) is 15.0. The lowest BCUT2D eigenvalue weighted by molar-refractivity contribution is -0.141. The van der Waals surface area contributed by atoms with Gasteiger partial charge >= 0.3 is 5.97 Å². The van der Waals surface area contributed by atoms with Crippen molar-refractivity contribution in [1.29, 1.82) is 0 Å². The van der Waals surface area contributed by atoms with Crippen LogP contribution in [0.15, 0.2) is 36.5 Å². The lowest BCUT2D eigenvalue weighted by Crippen LogP contribution is -2.31. The summed E-state index contributed by atoms with van der Waals surface area (Å²) in [6.45, 7) is 0.467. The normalized spacial score (nSPS) is 19.4. The number of likely N-dealkylation sites (tertiary alicyclic amines) is 1. The molecule has 26 heavy (non-hydrogen) atoms. The summed E-state index contributed by atoms with van der Waals surface area (Å²) in [6.07, 6.45) is 1.79. The van der Waals surface area contributed by atoms with Crippen molar-refractivity contribution in [1.82, 2.24) is 9.47 Å². The Balaban J connectivity index is 1.96. The van der Waals surface area contributed by atoms with Gasteiger partial charge in [0.25, 0.3) is 5.91 Å². The number of hydrogen-bond donors (Lipinski definition) is 1. The Hall–Kier alpha value is -2.96. The minimum absolute atomic E-state index is 0.157. The predicted molar refractivity (Wildman–Crippen MR) is 94.7 cm³/mol. The topological polar surface area (TPSA) is 81.0 Å². The number of nitrogens with zero attached hydrogens (tertiary/aromatic N) is 2. The van der Waals surface area contributed by atoms with Gasteiger partial charge < -0.3 is 24.0 Å². The minimum atomic E-state index is -0.929. The predicted octanol–water partition coefficient (Wildman–Crippen LogP) is 1.98. The van der Waals surface area contributed by atoms with Gasteiger partial charge in [0.1, 0.15) is 5.69 Å². The molecule has 2 unspecified atom stereocenters. The molecular weight excluding hydrogens is 336 g/mol.